The van der Waals surface area contributed by atoms with Crippen LogP contribution in [0.5, 0.6) is 0 Å². The molecule has 0 amide bonds. The van der Waals surface area contributed by atoms with Crippen LogP contribution < -0.4 is 4.72 Å². The topological polar surface area (TPSA) is 79.3 Å². The van der Waals surface area contributed by atoms with Crippen molar-refractivity contribution < 1.29 is 13.5 Å². The molecule has 0 spiro atoms. The van der Waals surface area contributed by atoms with Crippen LogP contribution >= 0.6 is 11.3 Å². The summed E-state index contributed by atoms with van der Waals surface area (Å²) in [5.41, 5.74) is 1.29. The molecule has 2 N–H and O–H groups in total. The molecule has 2 aromatic rings. The number of hydrogen-bond acceptors (Lipinski definition) is 5. The maximum atomic E-state index is 12.4. The Morgan fingerprint density at radius 3 is 2.80 bits per heavy atom. The zero-order valence-electron chi connectivity index (χ0n) is 11.2. The van der Waals surface area contributed by atoms with Gasteiger partial charge < -0.3 is 5.11 Å². The molecule has 20 heavy (non-hydrogen) atoms. The molecule has 2 heterocycles. The second-order valence-corrected chi connectivity index (χ2v) is 7.04. The largest absolute Gasteiger partial charge is 0.391 e. The van der Waals surface area contributed by atoms with E-state index in [0.29, 0.717) is 16.1 Å². The molecular formula is C13H16N2O3S2. The molecule has 5 nitrogen and oxygen atoms in total. The maximum Gasteiger partial charge on any atom is 0.242 e. The Bertz CT molecular complexity index is 681. The van der Waals surface area contributed by atoms with Gasteiger partial charge in [0.15, 0.2) is 0 Å². The van der Waals surface area contributed by atoms with Gasteiger partial charge in [0.1, 0.15) is 4.90 Å². The second kappa shape index (κ2) is 6.01. The highest BCUT2D eigenvalue weighted by Crippen LogP contribution is 2.27. The molecule has 0 aliphatic carbocycles. The van der Waals surface area contributed by atoms with E-state index < -0.39 is 16.1 Å². The van der Waals surface area contributed by atoms with Gasteiger partial charge in [-0.25, -0.2) is 13.1 Å². The molecule has 0 aliphatic heterocycles. The van der Waals surface area contributed by atoms with E-state index in [2.05, 4.69) is 9.71 Å². The zero-order valence-corrected chi connectivity index (χ0v) is 12.8. The Hall–Kier alpha value is -1.28. The minimum Gasteiger partial charge on any atom is -0.391 e. The van der Waals surface area contributed by atoms with Crippen LogP contribution in [0, 0.1) is 6.92 Å². The monoisotopic (exact) mass is 312 g/mol. The Labute approximate surface area is 122 Å². The van der Waals surface area contributed by atoms with Crippen molar-refractivity contribution in [2.75, 3.05) is 0 Å². The van der Waals surface area contributed by atoms with Crippen LogP contribution in [0.1, 0.15) is 29.1 Å². The van der Waals surface area contributed by atoms with Crippen LogP contribution in [0.2, 0.25) is 0 Å². The lowest BCUT2D eigenvalue weighted by Gasteiger charge is -2.14. The number of aliphatic hydroxyl groups is 1. The predicted molar refractivity (Wildman–Crippen MR) is 78.0 cm³/mol. The standard InChI is InChI=1S/C13H16N2O3S2/c1-9-8-19-12(7-16)13(9)20(17,18)15-10(2)11-5-3-4-6-14-11/h3-6,8,10,15-16H,7H2,1-2H3. The first-order chi connectivity index (χ1) is 9.45. The number of aliphatic hydroxyl groups excluding tert-OH is 1. The van der Waals surface area contributed by atoms with Gasteiger partial charge in [0, 0.05) is 6.20 Å². The van der Waals surface area contributed by atoms with Crippen LogP contribution in [-0.4, -0.2) is 18.5 Å². The van der Waals surface area contributed by atoms with Crippen molar-refractivity contribution >= 4 is 21.4 Å². The number of pyridine rings is 1. The van der Waals surface area contributed by atoms with Crippen molar-refractivity contribution in [3.8, 4) is 0 Å². The summed E-state index contributed by atoms with van der Waals surface area (Å²) < 4.78 is 27.5. The van der Waals surface area contributed by atoms with E-state index in [1.165, 1.54) is 11.3 Å². The van der Waals surface area contributed by atoms with Gasteiger partial charge in [-0.05, 0) is 36.9 Å². The van der Waals surface area contributed by atoms with Crippen molar-refractivity contribution in [2.24, 2.45) is 0 Å². The van der Waals surface area contributed by atoms with Gasteiger partial charge in [-0.1, -0.05) is 6.07 Å². The number of thiophene rings is 1. The molecule has 0 aromatic carbocycles. The van der Waals surface area contributed by atoms with Crippen LogP contribution in [0.25, 0.3) is 0 Å². The summed E-state index contributed by atoms with van der Waals surface area (Å²) in [4.78, 5) is 4.76. The van der Waals surface area contributed by atoms with E-state index in [9.17, 15) is 13.5 Å². The number of nitrogens with zero attached hydrogens (tertiary/aromatic N) is 1. The number of nitrogens with one attached hydrogen (secondary N) is 1. The highest BCUT2D eigenvalue weighted by atomic mass is 32.2. The minimum atomic E-state index is -3.68. The Balaban J connectivity index is 2.30. The van der Waals surface area contributed by atoms with Crippen LogP contribution in [0.15, 0.2) is 34.7 Å². The quantitative estimate of drug-likeness (QED) is 0.885. The first-order valence-corrected chi connectivity index (χ1v) is 8.43. The number of aromatic nitrogens is 1. The normalized spacial score (nSPS) is 13.3. The third-order valence-electron chi connectivity index (χ3n) is 2.87. The third-order valence-corrected chi connectivity index (χ3v) is 5.85. The lowest BCUT2D eigenvalue weighted by atomic mass is 10.2. The number of aryl methyl sites for hydroxylation is 1. The molecule has 1 unspecified atom stereocenters. The van der Waals surface area contributed by atoms with Gasteiger partial charge in [0.25, 0.3) is 0 Å². The summed E-state index contributed by atoms with van der Waals surface area (Å²) in [5.74, 6) is 0. The van der Waals surface area contributed by atoms with Crippen molar-refractivity contribution in [1.29, 1.82) is 0 Å². The summed E-state index contributed by atoms with van der Waals surface area (Å²) in [6.45, 7) is 3.17. The lowest BCUT2D eigenvalue weighted by molar-refractivity contribution is 0.282. The second-order valence-electron chi connectivity index (χ2n) is 4.43. The van der Waals surface area contributed by atoms with Crippen molar-refractivity contribution in [3.63, 3.8) is 0 Å². The summed E-state index contributed by atoms with van der Waals surface area (Å²) in [5, 5.41) is 11.0. The SMILES string of the molecule is Cc1csc(CO)c1S(=O)(=O)NC(C)c1ccccn1. The van der Waals surface area contributed by atoms with Gasteiger partial charge in [-0.2, -0.15) is 0 Å². The van der Waals surface area contributed by atoms with E-state index in [0.717, 1.165) is 0 Å². The smallest absolute Gasteiger partial charge is 0.242 e. The number of rotatable bonds is 5. The highest BCUT2D eigenvalue weighted by Gasteiger charge is 2.25. The van der Waals surface area contributed by atoms with E-state index >= 15 is 0 Å². The predicted octanol–water partition coefficient (Wildman–Crippen LogP) is 1.98. The molecule has 108 valence electrons. The fourth-order valence-corrected chi connectivity index (χ4v) is 4.82. The van der Waals surface area contributed by atoms with Gasteiger partial charge in [0.2, 0.25) is 10.0 Å². The molecule has 0 saturated carbocycles. The molecule has 0 fully saturated rings. The molecule has 0 bridgehead atoms. The number of sulfonamides is 1. The fraction of sp³-hybridized carbons (Fsp3) is 0.308. The van der Waals surface area contributed by atoms with Gasteiger partial charge in [-0.3, -0.25) is 4.98 Å². The third kappa shape index (κ3) is 3.06. The summed E-state index contributed by atoms with van der Waals surface area (Å²) in [6.07, 6.45) is 1.62. The fourth-order valence-electron chi connectivity index (χ4n) is 1.94. The van der Waals surface area contributed by atoms with E-state index in [1.54, 1.807) is 37.6 Å². The molecule has 2 aromatic heterocycles. The number of hydrogen-bond donors (Lipinski definition) is 2. The van der Waals surface area contributed by atoms with Crippen LogP contribution in [0.4, 0.5) is 0 Å². The van der Waals surface area contributed by atoms with Gasteiger partial charge in [-0.15, -0.1) is 11.3 Å². The summed E-state index contributed by atoms with van der Waals surface area (Å²) >= 11 is 1.24. The van der Waals surface area contributed by atoms with E-state index in [-0.39, 0.29) is 11.5 Å². The Morgan fingerprint density at radius 1 is 1.45 bits per heavy atom. The lowest BCUT2D eigenvalue weighted by Crippen LogP contribution is -2.28. The first-order valence-electron chi connectivity index (χ1n) is 6.07. The first kappa shape index (κ1) is 15.1. The van der Waals surface area contributed by atoms with Gasteiger partial charge in [0.05, 0.1) is 23.2 Å². The molecule has 1 atom stereocenters. The average molecular weight is 312 g/mol. The van der Waals surface area contributed by atoms with Crippen LogP contribution in [-0.2, 0) is 16.6 Å². The summed E-state index contributed by atoms with van der Waals surface area (Å²) in [7, 11) is -3.68. The molecule has 2 rings (SSSR count). The van der Waals surface area contributed by atoms with Crippen LogP contribution in [0.3, 0.4) is 0 Å². The van der Waals surface area contributed by atoms with Crippen molar-refractivity contribution in [1.82, 2.24) is 9.71 Å². The Kier molecular flexibility index (Phi) is 4.54. The van der Waals surface area contributed by atoms with Gasteiger partial charge >= 0.3 is 0 Å². The average Bonchev–Trinajstić information content (AvgIpc) is 2.81. The summed E-state index contributed by atoms with van der Waals surface area (Å²) in [6, 6.07) is 4.91. The molecule has 0 radical (unpaired) electrons. The highest BCUT2D eigenvalue weighted by molar-refractivity contribution is 7.89. The van der Waals surface area contributed by atoms with E-state index in [4.69, 9.17) is 0 Å². The minimum absolute atomic E-state index is 0.174. The molecule has 7 heteroatoms. The molecule has 0 aliphatic rings. The Morgan fingerprint density at radius 2 is 2.20 bits per heavy atom. The maximum absolute atomic E-state index is 12.4. The molecular weight excluding hydrogens is 296 g/mol. The molecule has 0 saturated heterocycles. The van der Waals surface area contributed by atoms with Crippen molar-refractivity contribution in [2.45, 2.75) is 31.4 Å². The van der Waals surface area contributed by atoms with E-state index in [1.807, 2.05) is 6.07 Å². The zero-order chi connectivity index (χ0) is 14.8. The van der Waals surface area contributed by atoms with Crippen molar-refractivity contribution in [3.05, 3.63) is 45.9 Å².